The molecule has 2 rings (SSSR count). The first-order valence-corrected chi connectivity index (χ1v) is 9.91. The molecule has 2 amide bonds. The summed E-state index contributed by atoms with van der Waals surface area (Å²) >= 11 is 0. The van der Waals surface area contributed by atoms with Crippen molar-refractivity contribution in [2.24, 2.45) is 0 Å². The van der Waals surface area contributed by atoms with Crippen LogP contribution in [0.4, 0.5) is 0 Å². The van der Waals surface area contributed by atoms with Crippen LogP contribution in [0, 0.1) is 0 Å². The van der Waals surface area contributed by atoms with Crippen molar-refractivity contribution >= 4 is 12.3 Å². The number of benzene rings is 1. The molecule has 1 aliphatic heterocycles. The molecule has 27 heavy (non-hydrogen) atoms. The monoisotopic (exact) mass is 375 g/mol. The van der Waals surface area contributed by atoms with Gasteiger partial charge in [-0.2, -0.15) is 0 Å². The van der Waals surface area contributed by atoms with E-state index in [1.807, 2.05) is 17.0 Å². The molecule has 0 aromatic heterocycles. The van der Waals surface area contributed by atoms with Gasteiger partial charge in [-0.3, -0.25) is 9.59 Å². The van der Waals surface area contributed by atoms with Gasteiger partial charge in [0.05, 0.1) is 7.11 Å². The van der Waals surface area contributed by atoms with E-state index in [9.17, 15) is 9.59 Å². The van der Waals surface area contributed by atoms with Crippen LogP contribution in [0.1, 0.15) is 32.3 Å². The Morgan fingerprint density at radius 3 is 2.44 bits per heavy atom. The van der Waals surface area contributed by atoms with Crippen molar-refractivity contribution < 1.29 is 14.3 Å². The first-order chi connectivity index (χ1) is 13.1. The molecule has 0 aliphatic carbocycles. The number of hydrogen-bond donors (Lipinski definition) is 0. The zero-order valence-corrected chi connectivity index (χ0v) is 16.9. The summed E-state index contributed by atoms with van der Waals surface area (Å²) in [5, 5.41) is 0. The number of methoxy groups -OCH3 is 1. The van der Waals surface area contributed by atoms with Crippen molar-refractivity contribution in [3.8, 4) is 5.75 Å². The highest BCUT2D eigenvalue weighted by Crippen LogP contribution is 2.15. The van der Waals surface area contributed by atoms with E-state index in [2.05, 4.69) is 30.9 Å². The Morgan fingerprint density at radius 1 is 1.22 bits per heavy atom. The first-order valence-electron chi connectivity index (χ1n) is 9.91. The van der Waals surface area contributed by atoms with Gasteiger partial charge in [0, 0.05) is 38.6 Å². The highest BCUT2D eigenvalue weighted by Gasteiger charge is 2.20. The number of carbonyl (C=O) groups is 2. The van der Waals surface area contributed by atoms with Gasteiger partial charge in [0.2, 0.25) is 12.3 Å². The van der Waals surface area contributed by atoms with Crippen LogP contribution in [-0.2, 0) is 16.0 Å². The number of hydrogen-bond acceptors (Lipinski definition) is 4. The summed E-state index contributed by atoms with van der Waals surface area (Å²) in [7, 11) is 1.68. The second kappa shape index (κ2) is 10.9. The largest absolute Gasteiger partial charge is 0.497 e. The number of rotatable bonds is 10. The van der Waals surface area contributed by atoms with Gasteiger partial charge in [-0.1, -0.05) is 19.1 Å². The second-order valence-electron chi connectivity index (χ2n) is 7.16. The third kappa shape index (κ3) is 6.54. The van der Waals surface area contributed by atoms with Crippen molar-refractivity contribution in [2.45, 2.75) is 39.2 Å². The smallest absolute Gasteiger partial charge is 0.222 e. The highest BCUT2D eigenvalue weighted by atomic mass is 16.5. The topological polar surface area (TPSA) is 53.1 Å². The fraction of sp³-hybridized carbons (Fsp3) is 0.619. The predicted octanol–water partition coefficient (Wildman–Crippen LogP) is 2.03. The summed E-state index contributed by atoms with van der Waals surface area (Å²) in [6, 6.07) is 8.66. The van der Waals surface area contributed by atoms with Crippen LogP contribution in [-0.4, -0.2) is 79.4 Å². The van der Waals surface area contributed by atoms with Gasteiger partial charge in [0.15, 0.2) is 0 Å². The number of ether oxygens (including phenoxy) is 1. The average molecular weight is 376 g/mol. The van der Waals surface area contributed by atoms with Crippen LogP contribution in [0.25, 0.3) is 0 Å². The van der Waals surface area contributed by atoms with E-state index in [1.165, 1.54) is 5.56 Å². The molecule has 0 bridgehead atoms. The van der Waals surface area contributed by atoms with Gasteiger partial charge < -0.3 is 19.4 Å². The van der Waals surface area contributed by atoms with Crippen LogP contribution in [0.2, 0.25) is 0 Å². The fourth-order valence-electron chi connectivity index (χ4n) is 3.59. The third-order valence-electron chi connectivity index (χ3n) is 5.37. The maximum absolute atomic E-state index is 12.4. The number of likely N-dealkylation sites (N-methyl/N-ethyl adjacent to an activating group) is 1. The molecular formula is C21H33N3O3. The van der Waals surface area contributed by atoms with Crippen molar-refractivity contribution in [1.29, 1.82) is 0 Å². The van der Waals surface area contributed by atoms with Crippen molar-refractivity contribution in [2.75, 3.05) is 46.4 Å². The van der Waals surface area contributed by atoms with Gasteiger partial charge in [-0.05, 0) is 50.6 Å². The Hall–Kier alpha value is -2.08. The van der Waals surface area contributed by atoms with Crippen molar-refractivity contribution in [1.82, 2.24) is 14.7 Å². The summed E-state index contributed by atoms with van der Waals surface area (Å²) < 4.78 is 5.21. The van der Waals surface area contributed by atoms with Crippen LogP contribution >= 0.6 is 0 Å². The lowest BCUT2D eigenvalue weighted by Gasteiger charge is -2.33. The van der Waals surface area contributed by atoms with Gasteiger partial charge in [-0.15, -0.1) is 0 Å². The summed E-state index contributed by atoms with van der Waals surface area (Å²) in [6.07, 6.45) is 3.30. The van der Waals surface area contributed by atoms with Crippen molar-refractivity contribution in [3.63, 3.8) is 0 Å². The third-order valence-corrected chi connectivity index (χ3v) is 5.37. The summed E-state index contributed by atoms with van der Waals surface area (Å²) in [4.78, 5) is 29.2. The Kier molecular flexibility index (Phi) is 8.58. The first kappa shape index (κ1) is 21.2. The molecule has 0 radical (unpaired) electrons. The summed E-state index contributed by atoms with van der Waals surface area (Å²) in [6.45, 7) is 8.92. The number of nitrogens with zero attached hydrogens (tertiary/aromatic N) is 3. The van der Waals surface area contributed by atoms with Gasteiger partial charge in [0.25, 0.3) is 0 Å². The molecule has 1 fully saturated rings. The van der Waals surface area contributed by atoms with E-state index < -0.39 is 0 Å². The lowest BCUT2D eigenvalue weighted by molar-refractivity contribution is -0.135. The molecular weight excluding hydrogens is 342 g/mol. The minimum atomic E-state index is 0.208. The zero-order chi connectivity index (χ0) is 19.6. The Labute approximate surface area is 163 Å². The average Bonchev–Trinajstić information content (AvgIpc) is 2.71. The minimum Gasteiger partial charge on any atom is -0.497 e. The molecule has 0 spiro atoms. The molecule has 1 aromatic carbocycles. The van der Waals surface area contributed by atoms with Crippen LogP contribution in [0.15, 0.2) is 24.3 Å². The molecule has 6 nitrogen and oxygen atoms in total. The van der Waals surface area contributed by atoms with Crippen LogP contribution < -0.4 is 4.74 Å². The summed E-state index contributed by atoms with van der Waals surface area (Å²) in [5.74, 6) is 1.09. The zero-order valence-electron chi connectivity index (χ0n) is 16.9. The molecule has 150 valence electrons. The molecule has 0 saturated carbocycles. The molecule has 0 unspecified atom stereocenters. The SMILES string of the molecule is CCN(CCCC(=O)N1CCN(C=O)CC1)[C@@H](C)Cc1ccc(OC)cc1. The molecule has 0 N–H and O–H groups in total. The minimum absolute atomic E-state index is 0.208. The van der Waals surface area contributed by atoms with Gasteiger partial charge in [-0.25, -0.2) is 0 Å². The van der Waals surface area contributed by atoms with Gasteiger partial charge >= 0.3 is 0 Å². The molecule has 1 atom stereocenters. The van der Waals surface area contributed by atoms with E-state index >= 15 is 0 Å². The van der Waals surface area contributed by atoms with E-state index in [1.54, 1.807) is 12.0 Å². The molecule has 1 aliphatic rings. The van der Waals surface area contributed by atoms with Crippen molar-refractivity contribution in [3.05, 3.63) is 29.8 Å². The maximum atomic E-state index is 12.4. The quantitative estimate of drug-likeness (QED) is 0.587. The Balaban J connectivity index is 1.73. The fourth-order valence-corrected chi connectivity index (χ4v) is 3.59. The van der Waals surface area contributed by atoms with Crippen LogP contribution in [0.3, 0.4) is 0 Å². The Morgan fingerprint density at radius 2 is 1.89 bits per heavy atom. The van der Waals surface area contributed by atoms with Gasteiger partial charge in [0.1, 0.15) is 5.75 Å². The maximum Gasteiger partial charge on any atom is 0.222 e. The molecule has 1 aromatic rings. The lowest BCUT2D eigenvalue weighted by atomic mass is 10.1. The van der Waals surface area contributed by atoms with E-state index in [0.29, 0.717) is 38.6 Å². The highest BCUT2D eigenvalue weighted by molar-refractivity contribution is 5.76. The molecule has 1 saturated heterocycles. The molecule has 6 heteroatoms. The number of carbonyl (C=O) groups excluding carboxylic acids is 2. The van der Waals surface area contributed by atoms with E-state index in [0.717, 1.165) is 38.1 Å². The van der Waals surface area contributed by atoms with E-state index in [4.69, 9.17) is 4.74 Å². The van der Waals surface area contributed by atoms with E-state index in [-0.39, 0.29) is 5.91 Å². The lowest BCUT2D eigenvalue weighted by Crippen LogP contribution is -2.48. The number of piperazine rings is 1. The summed E-state index contributed by atoms with van der Waals surface area (Å²) in [5.41, 5.74) is 1.30. The Bertz CT molecular complexity index is 583. The van der Waals surface area contributed by atoms with Crippen LogP contribution in [0.5, 0.6) is 5.75 Å². The second-order valence-corrected chi connectivity index (χ2v) is 7.16. The standard InChI is InChI=1S/C21H33N3O3/c1-4-23(18(2)16-19-7-9-20(27-3)10-8-19)11-5-6-21(26)24-14-12-22(17-25)13-15-24/h7-10,17-18H,4-6,11-16H2,1-3H3/t18-/m0/s1. The predicted molar refractivity (Wildman–Crippen MR) is 107 cm³/mol. The number of amides is 2. The normalized spacial score (nSPS) is 15.7. The molecule has 1 heterocycles.